The zero-order valence-corrected chi connectivity index (χ0v) is 35.2. The summed E-state index contributed by atoms with van der Waals surface area (Å²) in [6.07, 6.45) is 13.3. The second-order valence-corrected chi connectivity index (χ2v) is 17.9. The molecule has 1 aliphatic carbocycles. The predicted octanol–water partition coefficient (Wildman–Crippen LogP) is 11.4. The highest BCUT2D eigenvalue weighted by Gasteiger charge is 2.47. The number of nitrogens with zero attached hydrogens (tertiary/aromatic N) is 1. The lowest BCUT2D eigenvalue weighted by molar-refractivity contribution is -0.929. The topological polar surface area (TPSA) is 90.5 Å². The van der Waals surface area contributed by atoms with Gasteiger partial charge >= 0.3 is 0 Å². The second kappa shape index (κ2) is 20.7. The van der Waals surface area contributed by atoms with E-state index in [0.717, 1.165) is 56.8 Å². The first-order chi connectivity index (χ1) is 26.0. The summed E-state index contributed by atoms with van der Waals surface area (Å²) in [7, 11) is -3.13. The Bertz CT molecular complexity index is 1720. The van der Waals surface area contributed by atoms with Crippen molar-refractivity contribution in [3.05, 3.63) is 89.5 Å². The van der Waals surface area contributed by atoms with E-state index in [1.807, 2.05) is 80.6 Å². The zero-order chi connectivity index (χ0) is 39.2. The molecule has 0 radical (unpaired) electrons. The molecule has 0 bridgehead atoms. The number of carbonyl (C=O) groups is 1. The van der Waals surface area contributed by atoms with Gasteiger partial charge in [-0.25, -0.2) is 0 Å². The van der Waals surface area contributed by atoms with Crippen molar-refractivity contribution in [1.29, 1.82) is 0 Å². The minimum atomic E-state index is -4.33. The number of quaternary nitrogens is 1. The van der Waals surface area contributed by atoms with Gasteiger partial charge in [-0.05, 0) is 96.7 Å². The molecule has 1 amide bonds. The van der Waals surface area contributed by atoms with E-state index in [-0.39, 0.29) is 5.91 Å². The SMILES string of the molecule is CCCC[N+](CCCC)(CCCC)CCCC.COP(=O)([O-])C1(NC(C(=O)Nc2c(C)cccc2C)c2c3ccccc3cc3ccccc23)CCCC1. The van der Waals surface area contributed by atoms with Crippen molar-refractivity contribution >= 4 is 40.7 Å². The number of nitrogens with one attached hydrogen (secondary N) is 2. The molecule has 296 valence electrons. The maximum Gasteiger partial charge on any atom is 0.246 e. The van der Waals surface area contributed by atoms with Crippen LogP contribution in [-0.4, -0.2) is 49.0 Å². The quantitative estimate of drug-likeness (QED) is 0.0565. The molecule has 0 heterocycles. The minimum absolute atomic E-state index is 0.304. The molecule has 5 rings (SSSR count). The van der Waals surface area contributed by atoms with Crippen LogP contribution in [0, 0.1) is 13.8 Å². The van der Waals surface area contributed by atoms with Crippen molar-refractivity contribution in [3.8, 4) is 0 Å². The maximum absolute atomic E-state index is 14.2. The van der Waals surface area contributed by atoms with Crippen LogP contribution in [0.5, 0.6) is 0 Å². The molecule has 7 nitrogen and oxygen atoms in total. The molecular weight excluding hydrogens is 689 g/mol. The molecule has 4 aromatic rings. The smallest absolute Gasteiger partial charge is 0.246 e. The van der Waals surface area contributed by atoms with E-state index in [2.05, 4.69) is 44.4 Å². The van der Waals surface area contributed by atoms with Crippen LogP contribution in [0.25, 0.3) is 21.5 Å². The number of anilines is 1. The van der Waals surface area contributed by atoms with E-state index in [0.29, 0.717) is 12.8 Å². The largest absolute Gasteiger partial charge is 0.777 e. The molecule has 0 saturated heterocycles. The van der Waals surface area contributed by atoms with E-state index >= 15 is 0 Å². The molecule has 54 heavy (non-hydrogen) atoms. The summed E-state index contributed by atoms with van der Waals surface area (Å²) >= 11 is 0. The molecule has 0 aromatic heterocycles. The standard InChI is InChI=1S/C30H33N2O4P.C16H36N/c1-20-11-10-12-21(2)27(20)31-29(33)28(32-30(17-8-9-18-30)37(34,35)36-3)26-24-15-6-4-13-22(24)19-23-14-5-7-16-25(23)26;1-5-9-13-17(14-10-6-2,15-11-7-3)16-12-8-4/h4-7,10-16,19,28,32H,8-9,17-18H2,1-3H3,(H,31,33)(H,34,35);5-16H2,1-4H3/q;+1/p-1. The maximum atomic E-state index is 14.2. The van der Waals surface area contributed by atoms with Gasteiger partial charge in [0.15, 0.2) is 7.60 Å². The lowest BCUT2D eigenvalue weighted by atomic mass is 9.91. The van der Waals surface area contributed by atoms with Crippen molar-refractivity contribution in [3.63, 3.8) is 0 Å². The Labute approximate surface area is 326 Å². The first-order valence-corrected chi connectivity index (χ1v) is 22.3. The van der Waals surface area contributed by atoms with Crippen LogP contribution in [0.4, 0.5) is 5.69 Å². The van der Waals surface area contributed by atoms with Crippen LogP contribution >= 0.6 is 7.60 Å². The van der Waals surface area contributed by atoms with E-state index < -0.39 is 18.9 Å². The summed E-state index contributed by atoms with van der Waals surface area (Å²) < 4.78 is 19.8. The molecular formula is C46H68N3O4P. The average molecular weight is 758 g/mol. The molecule has 2 unspecified atom stereocenters. The highest BCUT2D eigenvalue weighted by atomic mass is 31.2. The van der Waals surface area contributed by atoms with Crippen LogP contribution < -0.4 is 15.5 Å². The zero-order valence-electron chi connectivity index (χ0n) is 34.3. The van der Waals surface area contributed by atoms with E-state index in [1.54, 1.807) is 0 Å². The Morgan fingerprint density at radius 2 is 1.20 bits per heavy atom. The summed E-state index contributed by atoms with van der Waals surface area (Å²) in [6.45, 7) is 18.9. The molecule has 1 saturated carbocycles. The number of rotatable bonds is 19. The summed E-state index contributed by atoms with van der Waals surface area (Å²) in [5, 5.41) is 8.95. The van der Waals surface area contributed by atoms with Crippen molar-refractivity contribution in [1.82, 2.24) is 5.32 Å². The van der Waals surface area contributed by atoms with Gasteiger partial charge in [0, 0.05) is 12.8 Å². The normalized spacial score (nSPS) is 15.8. The predicted molar refractivity (Wildman–Crippen MR) is 227 cm³/mol. The van der Waals surface area contributed by atoms with Crippen LogP contribution in [0.1, 0.15) is 127 Å². The third kappa shape index (κ3) is 10.6. The Balaban J connectivity index is 0.000000324. The van der Waals surface area contributed by atoms with Gasteiger partial charge in [-0.2, -0.15) is 0 Å². The van der Waals surface area contributed by atoms with Crippen molar-refractivity contribution in [2.45, 2.75) is 130 Å². The van der Waals surface area contributed by atoms with Gasteiger partial charge in [-0.15, -0.1) is 0 Å². The Hall–Kier alpha value is -3.06. The van der Waals surface area contributed by atoms with Crippen LogP contribution in [0.15, 0.2) is 72.8 Å². The number of benzene rings is 4. The third-order valence-corrected chi connectivity index (χ3v) is 13.8. The van der Waals surface area contributed by atoms with Gasteiger partial charge in [-0.1, -0.05) is 133 Å². The van der Waals surface area contributed by atoms with Gasteiger partial charge in [0.25, 0.3) is 0 Å². The number of aryl methyl sites for hydroxylation is 2. The molecule has 2 N–H and O–H groups in total. The molecule has 4 aromatic carbocycles. The van der Waals surface area contributed by atoms with Crippen LogP contribution in [0.3, 0.4) is 0 Å². The fraction of sp³-hybridized carbons (Fsp3) is 0.543. The number of unbranched alkanes of at least 4 members (excludes halogenated alkanes) is 4. The number of fused-ring (bicyclic) bond motifs is 2. The van der Waals surface area contributed by atoms with E-state index in [1.165, 1.54) is 89.1 Å². The minimum Gasteiger partial charge on any atom is -0.777 e. The van der Waals surface area contributed by atoms with Gasteiger partial charge in [0.05, 0.1) is 31.5 Å². The Morgan fingerprint density at radius 1 is 0.759 bits per heavy atom. The first kappa shape index (κ1) is 43.7. The molecule has 8 heteroatoms. The van der Waals surface area contributed by atoms with Crippen molar-refractivity contribution in [2.24, 2.45) is 0 Å². The highest BCUT2D eigenvalue weighted by Crippen LogP contribution is 2.58. The number of amides is 1. The van der Waals surface area contributed by atoms with Crippen molar-refractivity contribution in [2.75, 3.05) is 38.6 Å². The fourth-order valence-corrected chi connectivity index (χ4v) is 9.88. The monoisotopic (exact) mass is 757 g/mol. The summed E-state index contributed by atoms with van der Waals surface area (Å²) in [5.41, 5.74) is 3.38. The molecule has 1 aliphatic rings. The number of hydrogen-bond acceptors (Lipinski definition) is 5. The fourth-order valence-electron chi connectivity index (χ4n) is 8.38. The molecule has 2 atom stereocenters. The number of hydrogen-bond donors (Lipinski definition) is 2. The lowest BCUT2D eigenvalue weighted by Gasteiger charge is -2.43. The first-order valence-electron chi connectivity index (χ1n) is 20.8. The number of para-hydroxylation sites is 1. The Kier molecular flexibility index (Phi) is 16.8. The van der Waals surface area contributed by atoms with Gasteiger partial charge < -0.3 is 23.8 Å². The van der Waals surface area contributed by atoms with Crippen LogP contribution in [0.2, 0.25) is 0 Å². The van der Waals surface area contributed by atoms with Gasteiger partial charge in [0.2, 0.25) is 5.91 Å². The van der Waals surface area contributed by atoms with Crippen molar-refractivity contribution < 1.29 is 23.3 Å². The number of carbonyl (C=O) groups excluding carboxylic acids is 1. The highest BCUT2D eigenvalue weighted by molar-refractivity contribution is 7.53. The average Bonchev–Trinajstić information content (AvgIpc) is 3.68. The molecule has 0 spiro atoms. The summed E-state index contributed by atoms with van der Waals surface area (Å²) in [4.78, 5) is 27.6. The lowest BCUT2D eigenvalue weighted by Crippen LogP contribution is -2.50. The van der Waals surface area contributed by atoms with Gasteiger partial charge in [0.1, 0.15) is 6.04 Å². The van der Waals surface area contributed by atoms with E-state index in [4.69, 9.17) is 4.52 Å². The van der Waals surface area contributed by atoms with Crippen LogP contribution in [-0.2, 0) is 13.9 Å². The van der Waals surface area contributed by atoms with E-state index in [9.17, 15) is 14.3 Å². The Morgan fingerprint density at radius 3 is 1.63 bits per heavy atom. The second-order valence-electron chi connectivity index (χ2n) is 15.6. The summed E-state index contributed by atoms with van der Waals surface area (Å²) in [5.74, 6) is -0.304. The molecule has 1 fully saturated rings. The van der Waals surface area contributed by atoms with Gasteiger partial charge in [-0.3, -0.25) is 10.1 Å². The third-order valence-electron chi connectivity index (χ3n) is 11.6. The summed E-state index contributed by atoms with van der Waals surface area (Å²) in [6, 6.07) is 22.9. The molecule has 0 aliphatic heterocycles.